The van der Waals surface area contributed by atoms with Gasteiger partial charge in [-0.15, -0.1) is 5.10 Å². The van der Waals surface area contributed by atoms with E-state index in [1.54, 1.807) is 11.8 Å². The third-order valence-electron chi connectivity index (χ3n) is 3.29. The van der Waals surface area contributed by atoms with Crippen molar-refractivity contribution in [2.24, 2.45) is 12.8 Å². The Bertz CT molecular complexity index is 606. The molecule has 0 aromatic carbocycles. The van der Waals surface area contributed by atoms with Crippen LogP contribution in [0.2, 0.25) is 0 Å². The van der Waals surface area contributed by atoms with Gasteiger partial charge >= 0.3 is 0 Å². The minimum atomic E-state index is 0.491. The highest BCUT2D eigenvalue weighted by Gasteiger charge is 2.15. The number of aryl methyl sites for hydroxylation is 3. The van der Waals surface area contributed by atoms with E-state index in [0.717, 1.165) is 39.8 Å². The quantitative estimate of drug-likeness (QED) is 0.915. The highest BCUT2D eigenvalue weighted by Crippen LogP contribution is 2.31. The minimum Gasteiger partial charge on any atom is -0.326 e. The zero-order chi connectivity index (χ0) is 14.7. The average molecular weight is 291 g/mol. The second-order valence-electron chi connectivity index (χ2n) is 4.67. The molecule has 0 aliphatic carbocycles. The minimum absolute atomic E-state index is 0.491. The van der Waals surface area contributed by atoms with Crippen LogP contribution in [0.25, 0.3) is 0 Å². The van der Waals surface area contributed by atoms with Crippen LogP contribution >= 0.6 is 11.8 Å². The second-order valence-corrected chi connectivity index (χ2v) is 5.68. The van der Waals surface area contributed by atoms with Crippen molar-refractivity contribution in [2.45, 2.75) is 50.2 Å². The summed E-state index contributed by atoms with van der Waals surface area (Å²) in [6.07, 6.45) is 1.82. The lowest BCUT2D eigenvalue weighted by atomic mass is 10.0. The van der Waals surface area contributed by atoms with E-state index in [4.69, 9.17) is 5.73 Å². The van der Waals surface area contributed by atoms with E-state index < -0.39 is 0 Å². The molecule has 0 bridgehead atoms. The van der Waals surface area contributed by atoms with Crippen LogP contribution in [0.15, 0.2) is 16.1 Å². The van der Waals surface area contributed by atoms with Crippen molar-refractivity contribution in [3.63, 3.8) is 0 Å². The van der Waals surface area contributed by atoms with Gasteiger partial charge in [0.05, 0.1) is 11.4 Å². The molecule has 2 heterocycles. The van der Waals surface area contributed by atoms with Gasteiger partial charge < -0.3 is 5.73 Å². The topological polar surface area (TPSA) is 69.6 Å². The number of hydrogen-bond donors (Lipinski definition) is 1. The molecule has 0 saturated heterocycles. The first kappa shape index (κ1) is 15.0. The number of nitrogens with two attached hydrogens (primary N) is 1. The Morgan fingerprint density at radius 2 is 1.95 bits per heavy atom. The summed E-state index contributed by atoms with van der Waals surface area (Å²) in [4.78, 5) is 0. The molecule has 5 nitrogen and oxygen atoms in total. The molecule has 20 heavy (non-hydrogen) atoms. The molecule has 0 saturated carbocycles. The highest BCUT2D eigenvalue weighted by atomic mass is 32.2. The molecule has 6 heteroatoms. The smallest absolute Gasteiger partial charge is 0.130 e. The maximum Gasteiger partial charge on any atom is 0.130 e. The third-order valence-corrected chi connectivity index (χ3v) is 4.40. The first-order chi connectivity index (χ1) is 9.60. The van der Waals surface area contributed by atoms with Crippen molar-refractivity contribution in [2.75, 3.05) is 0 Å². The normalized spacial score (nSPS) is 11.1. The predicted octanol–water partition coefficient (Wildman–Crippen LogP) is 2.25. The van der Waals surface area contributed by atoms with E-state index in [0.29, 0.717) is 6.54 Å². The van der Waals surface area contributed by atoms with Gasteiger partial charge in [-0.2, -0.15) is 10.2 Å². The molecule has 0 amide bonds. The van der Waals surface area contributed by atoms with Gasteiger partial charge in [-0.25, -0.2) is 0 Å². The number of hydrogen-bond acceptors (Lipinski definition) is 5. The van der Waals surface area contributed by atoms with Crippen LogP contribution in [-0.2, 0) is 26.4 Å². The Morgan fingerprint density at radius 3 is 2.45 bits per heavy atom. The number of nitrogens with zero attached hydrogens (tertiary/aromatic N) is 4. The van der Waals surface area contributed by atoms with Gasteiger partial charge in [0.1, 0.15) is 10.1 Å². The summed E-state index contributed by atoms with van der Waals surface area (Å²) in [5, 5.41) is 15.0. The zero-order valence-corrected chi connectivity index (χ0v) is 13.3. The van der Waals surface area contributed by atoms with Gasteiger partial charge in [-0.05, 0) is 43.2 Å². The van der Waals surface area contributed by atoms with E-state index in [1.165, 1.54) is 5.56 Å². The van der Waals surface area contributed by atoms with Crippen molar-refractivity contribution in [3.8, 4) is 0 Å². The molecular weight excluding hydrogens is 270 g/mol. The highest BCUT2D eigenvalue weighted by molar-refractivity contribution is 7.99. The van der Waals surface area contributed by atoms with Crippen LogP contribution < -0.4 is 5.73 Å². The maximum absolute atomic E-state index is 5.94. The van der Waals surface area contributed by atoms with Gasteiger partial charge in [0, 0.05) is 19.2 Å². The van der Waals surface area contributed by atoms with E-state index in [9.17, 15) is 0 Å². The van der Waals surface area contributed by atoms with Crippen LogP contribution in [0.1, 0.15) is 36.4 Å². The lowest BCUT2D eigenvalue weighted by Gasteiger charge is -2.13. The Balaban J connectivity index is 2.44. The fourth-order valence-corrected chi connectivity index (χ4v) is 3.32. The summed E-state index contributed by atoms with van der Waals surface area (Å²) in [6.45, 7) is 6.71. The molecule has 0 fully saturated rings. The fourth-order valence-electron chi connectivity index (χ4n) is 2.31. The molecule has 0 aliphatic rings. The molecule has 0 radical (unpaired) electrons. The van der Waals surface area contributed by atoms with Crippen LogP contribution in [0, 0.1) is 6.92 Å². The first-order valence-electron chi connectivity index (χ1n) is 6.86. The molecule has 0 unspecified atom stereocenters. The monoisotopic (exact) mass is 291 g/mol. The van der Waals surface area contributed by atoms with Crippen LogP contribution in [0.5, 0.6) is 0 Å². The van der Waals surface area contributed by atoms with Gasteiger partial charge in [-0.3, -0.25) is 4.68 Å². The van der Waals surface area contributed by atoms with Crippen LogP contribution in [-0.4, -0.2) is 20.0 Å². The van der Waals surface area contributed by atoms with Crippen molar-refractivity contribution >= 4 is 11.8 Å². The molecule has 2 rings (SSSR count). The Hall–Kier alpha value is -1.40. The number of rotatable bonds is 5. The summed E-state index contributed by atoms with van der Waals surface area (Å²) in [5.74, 6) is 0. The van der Waals surface area contributed by atoms with E-state index in [2.05, 4.69) is 29.1 Å². The van der Waals surface area contributed by atoms with Crippen molar-refractivity contribution in [1.82, 2.24) is 20.0 Å². The summed E-state index contributed by atoms with van der Waals surface area (Å²) in [5.41, 5.74) is 10.4. The Morgan fingerprint density at radius 1 is 1.20 bits per heavy atom. The molecule has 0 atom stereocenters. The van der Waals surface area contributed by atoms with Gasteiger partial charge in [0.15, 0.2) is 0 Å². The summed E-state index contributed by atoms with van der Waals surface area (Å²) < 4.78 is 1.86. The fraction of sp³-hybridized carbons (Fsp3) is 0.500. The lowest BCUT2D eigenvalue weighted by molar-refractivity contribution is 0.690. The van der Waals surface area contributed by atoms with E-state index >= 15 is 0 Å². The number of aromatic nitrogens is 4. The Kier molecular flexibility index (Phi) is 4.77. The summed E-state index contributed by atoms with van der Waals surface area (Å²) in [6, 6.07) is 2.05. The standard InChI is InChI=1S/C14H21N5S/c1-5-10-11(8-15)14(17-16-12(10)6-2)20-13-7-9(3)18-19(13)4/h7H,5-6,8,15H2,1-4H3. The van der Waals surface area contributed by atoms with Gasteiger partial charge in [-0.1, -0.05) is 13.8 Å². The molecular formula is C14H21N5S. The van der Waals surface area contributed by atoms with E-state index in [-0.39, 0.29) is 0 Å². The molecule has 2 aromatic heterocycles. The second kappa shape index (κ2) is 6.37. The molecule has 108 valence electrons. The SMILES string of the molecule is CCc1nnc(Sc2cc(C)nn2C)c(CN)c1CC. The molecule has 0 aliphatic heterocycles. The maximum atomic E-state index is 5.94. The third kappa shape index (κ3) is 2.86. The molecule has 0 spiro atoms. The Labute approximate surface area is 124 Å². The predicted molar refractivity (Wildman–Crippen MR) is 80.7 cm³/mol. The average Bonchev–Trinajstić information content (AvgIpc) is 2.76. The lowest BCUT2D eigenvalue weighted by Crippen LogP contribution is -2.10. The van der Waals surface area contributed by atoms with Gasteiger partial charge in [0.2, 0.25) is 0 Å². The van der Waals surface area contributed by atoms with Crippen molar-refractivity contribution < 1.29 is 0 Å². The van der Waals surface area contributed by atoms with Crippen LogP contribution in [0.4, 0.5) is 0 Å². The van der Waals surface area contributed by atoms with Gasteiger partial charge in [0.25, 0.3) is 0 Å². The molecule has 2 aromatic rings. The van der Waals surface area contributed by atoms with Crippen molar-refractivity contribution in [1.29, 1.82) is 0 Å². The zero-order valence-electron chi connectivity index (χ0n) is 12.5. The largest absolute Gasteiger partial charge is 0.326 e. The van der Waals surface area contributed by atoms with Crippen molar-refractivity contribution in [3.05, 3.63) is 28.6 Å². The van der Waals surface area contributed by atoms with Crippen LogP contribution in [0.3, 0.4) is 0 Å². The first-order valence-corrected chi connectivity index (χ1v) is 7.68. The molecule has 2 N–H and O–H groups in total. The summed E-state index contributed by atoms with van der Waals surface area (Å²) >= 11 is 1.58. The summed E-state index contributed by atoms with van der Waals surface area (Å²) in [7, 11) is 1.94. The van der Waals surface area contributed by atoms with E-state index in [1.807, 2.05) is 24.7 Å².